The van der Waals surface area contributed by atoms with Gasteiger partial charge in [0.2, 0.25) is 5.91 Å². The zero-order valence-electron chi connectivity index (χ0n) is 8.34. The predicted octanol–water partition coefficient (Wildman–Crippen LogP) is 0.932. The summed E-state index contributed by atoms with van der Waals surface area (Å²) in [7, 11) is 0. The zero-order chi connectivity index (χ0) is 10.6. The highest BCUT2D eigenvalue weighted by Gasteiger charge is 2.14. The number of carboxylic acid groups (broad SMARTS) is 1. The van der Waals surface area contributed by atoms with Crippen molar-refractivity contribution in [2.75, 3.05) is 0 Å². The predicted molar refractivity (Wildman–Crippen MR) is 49.3 cm³/mol. The number of rotatable bonds is 2. The van der Waals surface area contributed by atoms with Gasteiger partial charge < -0.3 is 10.4 Å². The van der Waals surface area contributed by atoms with Gasteiger partial charge in [-0.2, -0.15) is 0 Å². The Bertz CT molecular complexity index is 248. The van der Waals surface area contributed by atoms with E-state index in [1.807, 2.05) is 20.8 Å². The Kier molecular flexibility index (Phi) is 3.66. The molecule has 0 saturated heterocycles. The van der Waals surface area contributed by atoms with Gasteiger partial charge >= 0.3 is 5.97 Å². The molecule has 0 rings (SSSR count). The van der Waals surface area contributed by atoms with E-state index < -0.39 is 5.97 Å². The van der Waals surface area contributed by atoms with Crippen molar-refractivity contribution >= 4 is 11.9 Å². The number of nitrogens with one attached hydrogen (secondary N) is 1. The van der Waals surface area contributed by atoms with Gasteiger partial charge in [0.25, 0.3) is 0 Å². The average molecular weight is 185 g/mol. The molecule has 0 aromatic heterocycles. The first-order valence-corrected chi connectivity index (χ1v) is 3.96. The summed E-state index contributed by atoms with van der Waals surface area (Å²) < 4.78 is 0. The Morgan fingerprint density at radius 1 is 1.31 bits per heavy atom. The Morgan fingerprint density at radius 2 is 1.77 bits per heavy atom. The Labute approximate surface area is 77.6 Å². The number of carbonyl (C=O) groups is 2. The number of aliphatic carboxylic acids is 1. The molecular weight excluding hydrogens is 170 g/mol. The molecule has 0 spiro atoms. The summed E-state index contributed by atoms with van der Waals surface area (Å²) in [6, 6.07) is 0. The van der Waals surface area contributed by atoms with Crippen LogP contribution in [0.4, 0.5) is 0 Å². The van der Waals surface area contributed by atoms with Crippen LogP contribution in [0.5, 0.6) is 0 Å². The third kappa shape index (κ3) is 5.90. The average Bonchev–Trinajstić information content (AvgIpc) is 1.81. The van der Waals surface area contributed by atoms with Crippen molar-refractivity contribution in [1.82, 2.24) is 5.32 Å². The summed E-state index contributed by atoms with van der Waals surface area (Å²) in [4.78, 5) is 21.5. The second-order valence-electron chi connectivity index (χ2n) is 3.87. The highest BCUT2D eigenvalue weighted by Crippen LogP contribution is 2.01. The molecule has 74 valence electrons. The fourth-order valence-corrected chi connectivity index (χ4v) is 0.690. The first kappa shape index (κ1) is 11.7. The summed E-state index contributed by atoms with van der Waals surface area (Å²) in [5, 5.41) is 11.0. The van der Waals surface area contributed by atoms with E-state index >= 15 is 0 Å². The van der Waals surface area contributed by atoms with E-state index in [2.05, 4.69) is 5.32 Å². The lowest BCUT2D eigenvalue weighted by Gasteiger charge is -2.20. The van der Waals surface area contributed by atoms with E-state index in [4.69, 9.17) is 5.11 Å². The summed E-state index contributed by atoms with van der Waals surface area (Å²) in [6.07, 6.45) is 0.890. The molecule has 0 aliphatic rings. The Morgan fingerprint density at radius 3 is 2.08 bits per heavy atom. The lowest BCUT2D eigenvalue weighted by Crippen LogP contribution is -2.41. The number of hydrogen-bond donors (Lipinski definition) is 2. The molecule has 2 N–H and O–H groups in total. The standard InChI is InChI=1S/C9H15NO3/c1-6(5-7(11)12)8(13)10-9(2,3)4/h5H,1-4H3,(H,10,13)(H,11,12). The van der Waals surface area contributed by atoms with Gasteiger partial charge in [-0.1, -0.05) is 0 Å². The van der Waals surface area contributed by atoms with E-state index in [1.165, 1.54) is 6.92 Å². The molecule has 0 heterocycles. The van der Waals surface area contributed by atoms with Gasteiger partial charge in [-0.3, -0.25) is 4.79 Å². The highest BCUT2D eigenvalue weighted by atomic mass is 16.4. The minimum absolute atomic E-state index is 0.197. The van der Waals surface area contributed by atoms with E-state index in [9.17, 15) is 9.59 Å². The molecule has 0 aliphatic heterocycles. The van der Waals surface area contributed by atoms with Crippen LogP contribution in [0.25, 0.3) is 0 Å². The Hall–Kier alpha value is -1.32. The molecule has 0 atom stereocenters. The molecule has 0 aromatic rings. The maximum absolute atomic E-state index is 11.3. The quantitative estimate of drug-likeness (QED) is 0.629. The molecule has 13 heavy (non-hydrogen) atoms. The minimum atomic E-state index is -1.11. The van der Waals surface area contributed by atoms with E-state index in [1.54, 1.807) is 0 Å². The highest BCUT2D eigenvalue weighted by molar-refractivity contribution is 5.98. The summed E-state index contributed by atoms with van der Waals surface area (Å²) in [5.41, 5.74) is -0.146. The molecular formula is C9H15NO3. The molecule has 4 nitrogen and oxygen atoms in total. The summed E-state index contributed by atoms with van der Waals surface area (Å²) >= 11 is 0. The number of amides is 1. The maximum atomic E-state index is 11.3. The molecule has 0 bridgehead atoms. The topological polar surface area (TPSA) is 66.4 Å². The van der Waals surface area contributed by atoms with Gasteiger partial charge in [-0.15, -0.1) is 0 Å². The normalized spacial score (nSPS) is 12.5. The van der Waals surface area contributed by atoms with Crippen LogP contribution in [0, 0.1) is 0 Å². The van der Waals surface area contributed by atoms with Crippen LogP contribution < -0.4 is 5.32 Å². The van der Waals surface area contributed by atoms with Crippen LogP contribution in [-0.4, -0.2) is 22.5 Å². The van der Waals surface area contributed by atoms with Crippen LogP contribution in [0.1, 0.15) is 27.7 Å². The molecule has 0 radical (unpaired) electrons. The number of hydrogen-bond acceptors (Lipinski definition) is 2. The van der Waals surface area contributed by atoms with Gasteiger partial charge in [-0.05, 0) is 27.7 Å². The van der Waals surface area contributed by atoms with Crippen LogP contribution in [0.15, 0.2) is 11.6 Å². The second kappa shape index (κ2) is 4.07. The molecule has 0 saturated carbocycles. The van der Waals surface area contributed by atoms with Gasteiger partial charge in [0.15, 0.2) is 0 Å². The number of carbonyl (C=O) groups excluding carboxylic acids is 1. The van der Waals surface area contributed by atoms with Gasteiger partial charge in [0, 0.05) is 17.2 Å². The van der Waals surface area contributed by atoms with E-state index in [-0.39, 0.29) is 17.0 Å². The van der Waals surface area contributed by atoms with Gasteiger partial charge in [0.05, 0.1) is 0 Å². The lowest BCUT2D eigenvalue weighted by molar-refractivity contribution is -0.132. The van der Waals surface area contributed by atoms with Crippen molar-refractivity contribution in [3.63, 3.8) is 0 Å². The van der Waals surface area contributed by atoms with Crippen molar-refractivity contribution in [3.8, 4) is 0 Å². The molecule has 4 heteroatoms. The molecule has 1 amide bonds. The Balaban J connectivity index is 4.37. The first-order valence-electron chi connectivity index (χ1n) is 3.96. The SMILES string of the molecule is CC(=CC(=O)O)C(=O)NC(C)(C)C. The third-order valence-corrected chi connectivity index (χ3v) is 1.19. The van der Waals surface area contributed by atoms with Crippen molar-refractivity contribution in [3.05, 3.63) is 11.6 Å². The molecule has 0 unspecified atom stereocenters. The molecule has 0 aromatic carbocycles. The molecule has 0 fully saturated rings. The van der Waals surface area contributed by atoms with Crippen molar-refractivity contribution in [1.29, 1.82) is 0 Å². The summed E-state index contributed by atoms with van der Waals surface area (Å²) in [5.74, 6) is -1.46. The fraction of sp³-hybridized carbons (Fsp3) is 0.556. The largest absolute Gasteiger partial charge is 0.478 e. The first-order chi connectivity index (χ1) is 5.72. The minimum Gasteiger partial charge on any atom is -0.478 e. The smallest absolute Gasteiger partial charge is 0.328 e. The van der Waals surface area contributed by atoms with Crippen molar-refractivity contribution < 1.29 is 14.7 Å². The second-order valence-corrected chi connectivity index (χ2v) is 3.87. The van der Waals surface area contributed by atoms with Crippen LogP contribution in [0.2, 0.25) is 0 Å². The fourth-order valence-electron chi connectivity index (χ4n) is 0.690. The van der Waals surface area contributed by atoms with Crippen molar-refractivity contribution in [2.24, 2.45) is 0 Å². The molecule has 0 aliphatic carbocycles. The monoisotopic (exact) mass is 185 g/mol. The van der Waals surface area contributed by atoms with E-state index in [0.29, 0.717) is 0 Å². The maximum Gasteiger partial charge on any atom is 0.328 e. The van der Waals surface area contributed by atoms with Gasteiger partial charge in [-0.25, -0.2) is 4.79 Å². The zero-order valence-corrected chi connectivity index (χ0v) is 8.34. The van der Waals surface area contributed by atoms with E-state index in [0.717, 1.165) is 6.08 Å². The van der Waals surface area contributed by atoms with Crippen LogP contribution >= 0.6 is 0 Å². The lowest BCUT2D eigenvalue weighted by atomic mass is 10.1. The van der Waals surface area contributed by atoms with Crippen LogP contribution in [0.3, 0.4) is 0 Å². The summed E-state index contributed by atoms with van der Waals surface area (Å²) in [6.45, 7) is 6.96. The van der Waals surface area contributed by atoms with Gasteiger partial charge in [0.1, 0.15) is 0 Å². The van der Waals surface area contributed by atoms with Crippen LogP contribution in [-0.2, 0) is 9.59 Å². The van der Waals surface area contributed by atoms with Crippen molar-refractivity contribution in [2.45, 2.75) is 33.2 Å². The third-order valence-electron chi connectivity index (χ3n) is 1.19. The number of carboxylic acids is 1.